The van der Waals surface area contributed by atoms with Gasteiger partial charge < -0.3 is 9.41 Å². The molecule has 0 aromatic heterocycles. The van der Waals surface area contributed by atoms with E-state index in [9.17, 15) is 0 Å². The van der Waals surface area contributed by atoms with Crippen molar-refractivity contribution in [2.75, 3.05) is 13.7 Å². The van der Waals surface area contributed by atoms with Crippen LogP contribution in [-0.4, -0.2) is 41.9 Å². The molecule has 0 radical (unpaired) electrons. The Morgan fingerprint density at radius 3 is 1.64 bits per heavy atom. The summed E-state index contributed by atoms with van der Waals surface area (Å²) in [6.45, 7) is 15.4. The van der Waals surface area contributed by atoms with Crippen molar-refractivity contribution in [2.45, 2.75) is 85.7 Å². The zero-order chi connectivity index (χ0) is 17.3. The van der Waals surface area contributed by atoms with Gasteiger partial charge in [0.15, 0.2) is 0 Å². The van der Waals surface area contributed by atoms with E-state index in [-0.39, 0.29) is 0 Å². The molecule has 0 saturated carbocycles. The summed E-state index contributed by atoms with van der Waals surface area (Å²) in [6, 6.07) is 0. The Morgan fingerprint density at radius 2 is 1.36 bits per heavy atom. The summed E-state index contributed by atoms with van der Waals surface area (Å²) in [5.41, 5.74) is 0. The molecule has 0 spiro atoms. The van der Waals surface area contributed by atoms with E-state index in [0.717, 1.165) is 0 Å². The van der Waals surface area contributed by atoms with E-state index in [0.29, 0.717) is 6.54 Å². The first-order chi connectivity index (χ1) is 10.5. The Kier molecular flexibility index (Phi) is 20.4. The van der Waals surface area contributed by atoms with E-state index >= 15 is 0 Å². The molecule has 22 heavy (non-hydrogen) atoms. The van der Waals surface area contributed by atoms with Gasteiger partial charge in [0, 0.05) is 7.11 Å². The first-order valence-electron chi connectivity index (χ1n) is 9.15. The average Bonchev–Trinajstić information content (AvgIpc) is 2.53. The normalized spacial score (nSPS) is 10.8. The van der Waals surface area contributed by atoms with E-state index in [1.54, 1.807) is 26.5 Å². The number of nitrogens with zero attached hydrogens (tertiary/aromatic N) is 1. The molecule has 0 aliphatic heterocycles. The van der Waals surface area contributed by atoms with Crippen LogP contribution < -0.4 is 0 Å². The van der Waals surface area contributed by atoms with Crippen molar-refractivity contribution < 1.29 is 4.43 Å². The first kappa shape index (κ1) is 24.9. The molecule has 0 bridgehead atoms. The van der Waals surface area contributed by atoms with Gasteiger partial charge in [-0.1, -0.05) is 13.1 Å². The molecule has 0 fully saturated rings. The molecular weight excluding hydrogens is 393 g/mol. The monoisotopic (exact) mass is 435 g/mol. The van der Waals surface area contributed by atoms with Gasteiger partial charge in [-0.15, -0.1) is 19.2 Å². The number of rotatable bonds is 13. The van der Waals surface area contributed by atoms with Gasteiger partial charge in [0.05, 0.1) is 8.48 Å². The predicted molar refractivity (Wildman–Crippen MR) is 108 cm³/mol. The molecule has 0 aliphatic carbocycles. The Hall–Kier alpha value is 0.676. The van der Waals surface area contributed by atoms with Crippen LogP contribution in [0.15, 0.2) is 12.7 Å². The van der Waals surface area contributed by atoms with Gasteiger partial charge in [-0.25, -0.2) is 0 Å². The summed E-state index contributed by atoms with van der Waals surface area (Å²) >= 11 is -0.839. The van der Waals surface area contributed by atoms with E-state index < -0.39 is 28.2 Å². The maximum absolute atomic E-state index is 5.16. The van der Waals surface area contributed by atoms with Crippen LogP contribution in [0.3, 0.4) is 0 Å². The molecule has 0 aliphatic rings. The van der Waals surface area contributed by atoms with E-state index in [4.69, 9.17) is 4.43 Å². The zero-order valence-corrected chi connectivity index (χ0v) is 20.1. The van der Waals surface area contributed by atoms with Crippen LogP contribution in [0.4, 0.5) is 0 Å². The van der Waals surface area contributed by atoms with Crippen molar-refractivity contribution in [2.24, 2.45) is 0 Å². The van der Waals surface area contributed by atoms with Crippen LogP contribution in [0, 0.1) is 0 Å². The van der Waals surface area contributed by atoms with Crippen molar-refractivity contribution in [3.05, 3.63) is 17.6 Å². The third kappa shape index (κ3) is 18.7. The van der Waals surface area contributed by atoms with Crippen molar-refractivity contribution >= 4 is 28.2 Å². The van der Waals surface area contributed by atoms with Crippen LogP contribution >= 0.6 is 0 Å². The van der Waals surface area contributed by atoms with Crippen molar-refractivity contribution in [1.29, 1.82) is 0 Å². The SMILES string of the molecule is C=CC[N-][Si](C)(C)OC.CCC[CH2][Sn+]([CH2]CCC)[CH2]CCC. The summed E-state index contributed by atoms with van der Waals surface area (Å²) < 4.78 is 10.2. The fourth-order valence-electron chi connectivity index (χ4n) is 2.00. The van der Waals surface area contributed by atoms with Crippen LogP contribution in [-0.2, 0) is 4.43 Å². The molecule has 2 nitrogen and oxygen atoms in total. The van der Waals surface area contributed by atoms with Gasteiger partial charge >= 0.3 is 92.4 Å². The molecule has 0 amide bonds. The first-order valence-corrected chi connectivity index (χ1v) is 18.1. The van der Waals surface area contributed by atoms with Crippen molar-refractivity contribution in [3.63, 3.8) is 0 Å². The van der Waals surface area contributed by atoms with Crippen LogP contribution in [0.2, 0.25) is 26.4 Å². The fraction of sp³-hybridized carbons (Fsp3) is 0.889. The Bertz CT molecular complexity index is 218. The standard InChI is InChI=1S/C6H14NOSi.3C4H9.Sn/c1-5-6-7-9(3,4)8-2;3*1-3-4-2;/h5H,1,6H2,2-4H3;3*1,3-4H2,2H3;/q-1;;;;+1. The predicted octanol–water partition coefficient (Wildman–Crippen LogP) is 6.78. The summed E-state index contributed by atoms with van der Waals surface area (Å²) in [5, 5.41) is 0. The topological polar surface area (TPSA) is 23.3 Å². The van der Waals surface area contributed by atoms with Gasteiger partial charge in [-0.2, -0.15) is 0 Å². The maximum atomic E-state index is 5.16. The van der Waals surface area contributed by atoms with Crippen LogP contribution in [0.5, 0.6) is 0 Å². The van der Waals surface area contributed by atoms with Gasteiger partial charge in [0.2, 0.25) is 0 Å². The molecule has 0 rings (SSSR count). The summed E-state index contributed by atoms with van der Waals surface area (Å²) in [7, 11) is 0.0627. The molecule has 0 heterocycles. The fourth-order valence-corrected chi connectivity index (χ4v) is 12.2. The van der Waals surface area contributed by atoms with Crippen molar-refractivity contribution in [3.8, 4) is 0 Å². The molecule has 0 saturated heterocycles. The van der Waals surface area contributed by atoms with E-state index in [2.05, 4.69) is 45.4 Å². The van der Waals surface area contributed by atoms with Gasteiger partial charge in [0.1, 0.15) is 0 Å². The number of hydrogen-bond donors (Lipinski definition) is 0. The minimum atomic E-state index is -1.64. The van der Waals surface area contributed by atoms with Gasteiger partial charge in [0.25, 0.3) is 0 Å². The molecule has 0 unspecified atom stereocenters. The van der Waals surface area contributed by atoms with Gasteiger partial charge in [-0.05, 0) is 0 Å². The zero-order valence-electron chi connectivity index (χ0n) is 16.2. The summed E-state index contributed by atoms with van der Waals surface area (Å²) in [4.78, 5) is 4.29. The van der Waals surface area contributed by atoms with Gasteiger partial charge in [-0.3, -0.25) is 0 Å². The molecular formula is C18H41NOSiSn. The number of hydrogen-bond acceptors (Lipinski definition) is 1. The van der Waals surface area contributed by atoms with Crippen LogP contribution in [0.1, 0.15) is 59.3 Å². The minimum absolute atomic E-state index is 0.715. The molecule has 0 aromatic carbocycles. The third-order valence-electron chi connectivity index (χ3n) is 3.75. The third-order valence-corrected chi connectivity index (χ3v) is 14.8. The van der Waals surface area contributed by atoms with E-state index in [1.807, 2.05) is 0 Å². The van der Waals surface area contributed by atoms with Crippen molar-refractivity contribution in [1.82, 2.24) is 0 Å². The molecule has 0 N–H and O–H groups in total. The average molecular weight is 434 g/mol. The second kappa shape index (κ2) is 18.0. The molecule has 4 heteroatoms. The molecule has 0 atom stereocenters. The second-order valence-corrected chi connectivity index (χ2v) is 18.5. The second-order valence-electron chi connectivity index (χ2n) is 6.34. The number of unbranched alkanes of at least 4 members (excludes halogenated alkanes) is 3. The molecule has 132 valence electrons. The van der Waals surface area contributed by atoms with E-state index in [1.165, 1.54) is 38.5 Å². The Morgan fingerprint density at radius 1 is 0.955 bits per heavy atom. The Labute approximate surface area is 149 Å². The summed E-state index contributed by atoms with van der Waals surface area (Å²) in [5.74, 6) is 0. The summed E-state index contributed by atoms with van der Waals surface area (Å²) in [6.07, 6.45) is 10.6. The quantitative estimate of drug-likeness (QED) is 0.232. The Balaban J connectivity index is 0. The molecule has 0 aromatic rings. The van der Waals surface area contributed by atoms with Crippen LogP contribution in [0.25, 0.3) is 4.98 Å².